The number of hydrogen-bond acceptors (Lipinski definition) is 1. The predicted molar refractivity (Wildman–Crippen MR) is 195 cm³/mol. The maximum Gasteiger partial charge on any atom is 0.171 e. The van der Waals surface area contributed by atoms with Crippen LogP contribution in [0.5, 0.6) is 0 Å². The van der Waals surface area contributed by atoms with E-state index in [1.807, 2.05) is 6.07 Å². The van der Waals surface area contributed by atoms with Gasteiger partial charge in [0.25, 0.3) is 0 Å². The molecule has 0 atom stereocenters. The van der Waals surface area contributed by atoms with Crippen molar-refractivity contribution >= 4 is 68.4 Å². The lowest BCUT2D eigenvalue weighted by atomic mass is 9.92. The summed E-state index contributed by atoms with van der Waals surface area (Å²) in [6.45, 7) is 0.655. The van der Waals surface area contributed by atoms with Crippen LogP contribution in [0.25, 0.3) is 32.7 Å². The summed E-state index contributed by atoms with van der Waals surface area (Å²) < 4.78 is 0. The first-order chi connectivity index (χ1) is 21.8. The Labute approximate surface area is 265 Å². The van der Waals surface area contributed by atoms with Crippen LogP contribution in [0.2, 0.25) is 0 Å². The van der Waals surface area contributed by atoms with Crippen LogP contribution in [-0.2, 0) is 6.54 Å². The van der Waals surface area contributed by atoms with Crippen molar-refractivity contribution < 1.29 is 0 Å². The fourth-order valence-corrected chi connectivity index (χ4v) is 8.54. The summed E-state index contributed by atoms with van der Waals surface area (Å²) in [6, 6.07) is 58.6. The summed E-state index contributed by atoms with van der Waals surface area (Å²) in [6.07, 6.45) is 0. The number of benzene rings is 7. The van der Waals surface area contributed by atoms with E-state index in [0.29, 0.717) is 11.7 Å². The summed E-state index contributed by atoms with van der Waals surface area (Å²) in [7, 11) is -0.865. The lowest BCUT2D eigenvalue weighted by Crippen LogP contribution is -2.28. The first-order valence-electron chi connectivity index (χ1n) is 14.8. The highest BCUT2D eigenvalue weighted by molar-refractivity contribution is 7.80. The molecule has 2 N–H and O–H groups in total. The smallest absolute Gasteiger partial charge is 0.171 e. The van der Waals surface area contributed by atoms with Crippen molar-refractivity contribution in [2.24, 2.45) is 0 Å². The van der Waals surface area contributed by atoms with E-state index < -0.39 is 7.92 Å². The zero-order valence-corrected chi connectivity index (χ0v) is 25.9. The first kappa shape index (κ1) is 28.0. The fraction of sp³-hybridized carbons (Fsp3) is 0.0250. The Hall–Kier alpha value is -4.82. The molecule has 7 aromatic rings. The highest BCUT2D eigenvalue weighted by Crippen LogP contribution is 2.44. The lowest BCUT2D eigenvalue weighted by Gasteiger charge is -2.26. The van der Waals surface area contributed by atoms with Gasteiger partial charge in [0, 0.05) is 23.4 Å². The molecule has 0 spiro atoms. The van der Waals surface area contributed by atoms with Crippen LogP contribution in [0, 0.1) is 0 Å². The summed E-state index contributed by atoms with van der Waals surface area (Å²) in [4.78, 5) is 0. The first-order valence-corrected chi connectivity index (χ1v) is 16.5. The Morgan fingerprint density at radius 1 is 0.500 bits per heavy atom. The van der Waals surface area contributed by atoms with Crippen LogP contribution in [0.3, 0.4) is 0 Å². The van der Waals surface area contributed by atoms with Gasteiger partial charge in [0.05, 0.1) is 0 Å². The predicted octanol–water partition coefficient (Wildman–Crippen LogP) is 8.90. The molecule has 44 heavy (non-hydrogen) atoms. The van der Waals surface area contributed by atoms with Gasteiger partial charge in [-0.05, 0) is 69.2 Å². The van der Waals surface area contributed by atoms with E-state index in [1.54, 1.807) is 0 Å². The van der Waals surface area contributed by atoms with E-state index in [1.165, 1.54) is 48.6 Å². The minimum Gasteiger partial charge on any atom is -0.358 e. The molecular formula is C40H31N2PS. The van der Waals surface area contributed by atoms with Gasteiger partial charge in [0.2, 0.25) is 0 Å². The third kappa shape index (κ3) is 5.73. The molecule has 0 aromatic heterocycles. The molecule has 0 saturated carbocycles. The minimum atomic E-state index is -0.865. The Kier molecular flexibility index (Phi) is 8.15. The molecule has 7 rings (SSSR count). The van der Waals surface area contributed by atoms with Crippen molar-refractivity contribution in [3.63, 3.8) is 0 Å². The van der Waals surface area contributed by atoms with Crippen LogP contribution in [-0.4, -0.2) is 5.11 Å². The molecule has 0 saturated heterocycles. The normalized spacial score (nSPS) is 11.1. The monoisotopic (exact) mass is 602 g/mol. The number of nitrogens with one attached hydrogen (secondary N) is 2. The Morgan fingerprint density at radius 2 is 1.00 bits per heavy atom. The van der Waals surface area contributed by atoms with Crippen LogP contribution in [0.15, 0.2) is 164 Å². The van der Waals surface area contributed by atoms with Gasteiger partial charge in [-0.2, -0.15) is 0 Å². The molecule has 0 aliphatic carbocycles. The summed E-state index contributed by atoms with van der Waals surface area (Å²) in [5.74, 6) is 0. The van der Waals surface area contributed by atoms with Gasteiger partial charge in [0.15, 0.2) is 5.11 Å². The lowest BCUT2D eigenvalue weighted by molar-refractivity contribution is 0.926. The Bertz CT molecular complexity index is 2020. The second kappa shape index (κ2) is 12.8. The van der Waals surface area contributed by atoms with E-state index in [2.05, 4.69) is 168 Å². The molecular weight excluding hydrogens is 571 g/mol. The van der Waals surface area contributed by atoms with Crippen LogP contribution in [0.1, 0.15) is 5.56 Å². The molecule has 4 heteroatoms. The molecule has 0 bridgehead atoms. The standard InChI is InChI=1S/C40H31N2PS/c44-40(41-28-29-14-4-1-5-15-29)42-36-26-24-30-16-10-12-22-34(30)38(36)39-35-23-13-11-17-31(35)25-27-37(39)43(32-18-6-2-7-19-32)33-20-8-3-9-21-33/h1-27H,28H2,(H2,41,42,44). The topological polar surface area (TPSA) is 24.1 Å². The van der Waals surface area contributed by atoms with Crippen molar-refractivity contribution in [1.29, 1.82) is 0 Å². The van der Waals surface area contributed by atoms with E-state index >= 15 is 0 Å². The number of thiocarbonyl (C=S) groups is 1. The highest BCUT2D eigenvalue weighted by Gasteiger charge is 2.24. The van der Waals surface area contributed by atoms with Gasteiger partial charge in [-0.3, -0.25) is 0 Å². The van der Waals surface area contributed by atoms with E-state index in [4.69, 9.17) is 12.2 Å². The third-order valence-electron chi connectivity index (χ3n) is 7.90. The van der Waals surface area contributed by atoms with Gasteiger partial charge in [-0.15, -0.1) is 0 Å². The number of hydrogen-bond donors (Lipinski definition) is 2. The second-order valence-electron chi connectivity index (χ2n) is 10.7. The summed E-state index contributed by atoms with van der Waals surface area (Å²) >= 11 is 5.88. The van der Waals surface area contributed by atoms with Gasteiger partial charge in [-0.1, -0.05) is 158 Å². The quantitative estimate of drug-likeness (QED) is 0.141. The molecule has 0 aliphatic heterocycles. The van der Waals surface area contributed by atoms with Crippen molar-refractivity contribution in [3.05, 3.63) is 169 Å². The van der Waals surface area contributed by atoms with Gasteiger partial charge in [0.1, 0.15) is 0 Å². The third-order valence-corrected chi connectivity index (χ3v) is 10.6. The van der Waals surface area contributed by atoms with Crippen molar-refractivity contribution in [3.8, 4) is 11.1 Å². The molecule has 0 radical (unpaired) electrons. The van der Waals surface area contributed by atoms with E-state index in [-0.39, 0.29) is 0 Å². The fourth-order valence-electron chi connectivity index (χ4n) is 5.88. The van der Waals surface area contributed by atoms with Gasteiger partial charge in [-0.25, -0.2) is 0 Å². The average molecular weight is 603 g/mol. The SMILES string of the molecule is S=C(NCc1ccccc1)Nc1ccc2ccccc2c1-c1c(P(c2ccccc2)c2ccccc2)ccc2ccccc12. The molecule has 0 amide bonds. The summed E-state index contributed by atoms with van der Waals surface area (Å²) in [5.41, 5.74) is 4.58. The van der Waals surface area contributed by atoms with Crippen molar-refractivity contribution in [1.82, 2.24) is 5.32 Å². The largest absolute Gasteiger partial charge is 0.358 e. The maximum absolute atomic E-state index is 5.88. The molecule has 2 nitrogen and oxygen atoms in total. The number of fused-ring (bicyclic) bond motifs is 2. The van der Waals surface area contributed by atoms with Crippen LogP contribution in [0.4, 0.5) is 5.69 Å². The molecule has 0 aliphatic rings. The Balaban J connectivity index is 1.46. The zero-order chi connectivity index (χ0) is 29.7. The van der Waals surface area contributed by atoms with Crippen LogP contribution < -0.4 is 26.5 Å². The summed E-state index contributed by atoms with van der Waals surface area (Å²) in [5, 5.41) is 16.4. The van der Waals surface area contributed by atoms with Crippen LogP contribution >= 0.6 is 20.1 Å². The number of rotatable bonds is 7. The van der Waals surface area contributed by atoms with Crippen molar-refractivity contribution in [2.75, 3.05) is 5.32 Å². The second-order valence-corrected chi connectivity index (χ2v) is 13.3. The molecule has 0 fully saturated rings. The molecule has 7 aromatic carbocycles. The maximum atomic E-state index is 5.88. The molecule has 212 valence electrons. The zero-order valence-electron chi connectivity index (χ0n) is 24.2. The minimum absolute atomic E-state index is 0.598. The van der Waals surface area contributed by atoms with E-state index in [0.717, 1.165) is 11.3 Å². The van der Waals surface area contributed by atoms with Gasteiger partial charge < -0.3 is 10.6 Å². The van der Waals surface area contributed by atoms with Crippen molar-refractivity contribution in [2.45, 2.75) is 6.54 Å². The van der Waals surface area contributed by atoms with E-state index in [9.17, 15) is 0 Å². The average Bonchev–Trinajstić information content (AvgIpc) is 3.09. The van der Waals surface area contributed by atoms with Gasteiger partial charge >= 0.3 is 0 Å². The number of anilines is 1. The Morgan fingerprint density at radius 3 is 1.61 bits per heavy atom. The molecule has 0 unspecified atom stereocenters. The highest BCUT2D eigenvalue weighted by atomic mass is 32.1. The molecule has 0 heterocycles.